The summed E-state index contributed by atoms with van der Waals surface area (Å²) in [5.74, 6) is -0.0932. The molecule has 2 rings (SSSR count). The number of rotatable bonds is 4. The second-order valence-corrected chi connectivity index (χ2v) is 5.10. The highest BCUT2D eigenvalue weighted by atomic mass is 16.2. The Morgan fingerprint density at radius 3 is 2.80 bits per heavy atom. The first kappa shape index (κ1) is 14.6. The molecular formula is C14H22N4O2. The van der Waals surface area contributed by atoms with E-state index in [2.05, 4.69) is 17.3 Å². The summed E-state index contributed by atoms with van der Waals surface area (Å²) in [5, 5.41) is 7.19. The highest BCUT2D eigenvalue weighted by Gasteiger charge is 2.27. The highest BCUT2D eigenvalue weighted by Crippen LogP contribution is 2.12. The minimum absolute atomic E-state index is 0.0299. The van der Waals surface area contributed by atoms with Crippen LogP contribution in [0.1, 0.15) is 38.6 Å². The molecule has 6 nitrogen and oxygen atoms in total. The van der Waals surface area contributed by atoms with Gasteiger partial charge in [0.1, 0.15) is 6.04 Å². The van der Waals surface area contributed by atoms with Gasteiger partial charge in [0.15, 0.2) is 0 Å². The van der Waals surface area contributed by atoms with Crippen LogP contribution in [0.25, 0.3) is 0 Å². The van der Waals surface area contributed by atoms with Crippen LogP contribution in [0.3, 0.4) is 0 Å². The molecular weight excluding hydrogens is 256 g/mol. The van der Waals surface area contributed by atoms with Crippen molar-refractivity contribution in [1.82, 2.24) is 20.0 Å². The fourth-order valence-corrected chi connectivity index (χ4v) is 2.44. The Morgan fingerprint density at radius 2 is 2.15 bits per heavy atom. The molecule has 1 unspecified atom stereocenters. The molecule has 1 N–H and O–H groups in total. The molecule has 0 spiro atoms. The van der Waals surface area contributed by atoms with Crippen LogP contribution in [-0.4, -0.2) is 39.1 Å². The molecule has 110 valence electrons. The van der Waals surface area contributed by atoms with Gasteiger partial charge in [0, 0.05) is 19.5 Å². The zero-order chi connectivity index (χ0) is 14.7. The monoisotopic (exact) mass is 278 g/mol. The average molecular weight is 278 g/mol. The van der Waals surface area contributed by atoms with E-state index in [1.165, 1.54) is 0 Å². The third kappa shape index (κ3) is 3.00. The number of carbonyl (C=O) groups is 2. The number of hydrogen-bond acceptors (Lipinski definition) is 3. The molecule has 2 amide bonds. The Kier molecular flexibility index (Phi) is 4.42. The lowest BCUT2D eigenvalue weighted by atomic mass is 10.2. The summed E-state index contributed by atoms with van der Waals surface area (Å²) < 4.78 is 1.93. The van der Waals surface area contributed by atoms with Crippen LogP contribution in [0.5, 0.6) is 0 Å². The van der Waals surface area contributed by atoms with Crippen molar-refractivity contribution in [1.29, 1.82) is 0 Å². The maximum atomic E-state index is 12.3. The van der Waals surface area contributed by atoms with Gasteiger partial charge in [-0.2, -0.15) is 5.10 Å². The number of nitrogens with zero attached hydrogens (tertiary/aromatic N) is 3. The van der Waals surface area contributed by atoms with Crippen LogP contribution >= 0.6 is 0 Å². The molecule has 0 bridgehead atoms. The van der Waals surface area contributed by atoms with Crippen LogP contribution in [0, 0.1) is 0 Å². The summed E-state index contributed by atoms with van der Waals surface area (Å²) in [7, 11) is 0. The lowest BCUT2D eigenvalue weighted by Gasteiger charge is -2.22. The second-order valence-electron chi connectivity index (χ2n) is 5.10. The standard InChI is InChI=1S/C14H22N4O2/c1-4-11-8-12(18(5-2)16-11)9-17-7-6-13(19)15-10(3)14(17)20/h8,10H,4-7,9H2,1-3H3,(H,15,19). The third-order valence-corrected chi connectivity index (χ3v) is 3.60. The summed E-state index contributed by atoms with van der Waals surface area (Å²) in [6, 6.07) is 1.59. The van der Waals surface area contributed by atoms with Crippen molar-refractivity contribution in [2.45, 2.75) is 52.7 Å². The number of amides is 2. The van der Waals surface area contributed by atoms with Crippen molar-refractivity contribution in [2.24, 2.45) is 0 Å². The lowest BCUT2D eigenvalue weighted by Crippen LogP contribution is -2.42. The Bertz CT molecular complexity index is 509. The first-order valence-corrected chi connectivity index (χ1v) is 7.18. The maximum absolute atomic E-state index is 12.3. The van der Waals surface area contributed by atoms with Crippen molar-refractivity contribution >= 4 is 11.8 Å². The van der Waals surface area contributed by atoms with E-state index in [1.807, 2.05) is 17.7 Å². The van der Waals surface area contributed by atoms with Crippen molar-refractivity contribution in [2.75, 3.05) is 6.54 Å². The van der Waals surface area contributed by atoms with Crippen molar-refractivity contribution < 1.29 is 9.59 Å². The van der Waals surface area contributed by atoms with E-state index in [9.17, 15) is 9.59 Å². The first-order valence-electron chi connectivity index (χ1n) is 7.18. The van der Waals surface area contributed by atoms with Gasteiger partial charge in [-0.25, -0.2) is 0 Å². The average Bonchev–Trinajstić information content (AvgIpc) is 2.79. The number of hydrogen-bond donors (Lipinski definition) is 1. The van der Waals surface area contributed by atoms with E-state index in [1.54, 1.807) is 11.8 Å². The summed E-state index contributed by atoms with van der Waals surface area (Å²) in [5.41, 5.74) is 2.06. The smallest absolute Gasteiger partial charge is 0.245 e. The molecule has 1 atom stereocenters. The Balaban J connectivity index is 2.17. The number of aromatic nitrogens is 2. The fourth-order valence-electron chi connectivity index (χ4n) is 2.44. The van der Waals surface area contributed by atoms with Gasteiger partial charge in [0.25, 0.3) is 0 Å². The number of carbonyl (C=O) groups excluding carboxylic acids is 2. The molecule has 2 heterocycles. The molecule has 1 aromatic heterocycles. The Hall–Kier alpha value is -1.85. The molecule has 0 radical (unpaired) electrons. The highest BCUT2D eigenvalue weighted by molar-refractivity contribution is 5.89. The van der Waals surface area contributed by atoms with Crippen LogP contribution in [0.4, 0.5) is 0 Å². The van der Waals surface area contributed by atoms with Gasteiger partial charge in [-0.1, -0.05) is 6.92 Å². The molecule has 0 saturated carbocycles. The van der Waals surface area contributed by atoms with Crippen LogP contribution in [0.15, 0.2) is 6.07 Å². The first-order chi connectivity index (χ1) is 9.55. The van der Waals surface area contributed by atoms with Gasteiger partial charge in [0.05, 0.1) is 17.9 Å². The van der Waals surface area contributed by atoms with Gasteiger partial charge in [-0.15, -0.1) is 0 Å². The summed E-state index contributed by atoms with van der Waals surface area (Å²) in [6.45, 7) is 7.59. The normalized spacial score (nSPS) is 19.9. The summed E-state index contributed by atoms with van der Waals surface area (Å²) in [6.07, 6.45) is 1.24. The SMILES string of the molecule is CCc1cc(CN2CCC(=O)NC(C)C2=O)n(CC)n1. The fraction of sp³-hybridized carbons (Fsp3) is 0.643. The van der Waals surface area contributed by atoms with E-state index in [0.717, 1.165) is 24.4 Å². The van der Waals surface area contributed by atoms with Gasteiger partial charge in [-0.3, -0.25) is 14.3 Å². The lowest BCUT2D eigenvalue weighted by molar-refractivity contribution is -0.133. The molecule has 1 fully saturated rings. The van der Waals surface area contributed by atoms with Crippen molar-refractivity contribution in [3.8, 4) is 0 Å². The molecule has 1 aliphatic heterocycles. The van der Waals surface area contributed by atoms with E-state index in [0.29, 0.717) is 19.5 Å². The minimum atomic E-state index is -0.450. The van der Waals surface area contributed by atoms with Gasteiger partial charge in [-0.05, 0) is 26.3 Å². The quantitative estimate of drug-likeness (QED) is 0.881. The minimum Gasteiger partial charge on any atom is -0.345 e. The number of nitrogens with one attached hydrogen (secondary N) is 1. The molecule has 20 heavy (non-hydrogen) atoms. The van der Waals surface area contributed by atoms with Gasteiger partial charge < -0.3 is 10.2 Å². The second kappa shape index (κ2) is 6.07. The van der Waals surface area contributed by atoms with E-state index in [-0.39, 0.29) is 11.8 Å². The zero-order valence-corrected chi connectivity index (χ0v) is 12.3. The van der Waals surface area contributed by atoms with E-state index < -0.39 is 6.04 Å². The topological polar surface area (TPSA) is 67.2 Å². The largest absolute Gasteiger partial charge is 0.345 e. The molecule has 1 aliphatic rings. The predicted octanol–water partition coefficient (Wildman–Crippen LogP) is 0.702. The van der Waals surface area contributed by atoms with Crippen molar-refractivity contribution in [3.63, 3.8) is 0 Å². The van der Waals surface area contributed by atoms with Crippen LogP contribution in [-0.2, 0) is 29.1 Å². The molecule has 6 heteroatoms. The molecule has 0 aromatic carbocycles. The van der Waals surface area contributed by atoms with Gasteiger partial charge >= 0.3 is 0 Å². The molecule has 1 saturated heterocycles. The summed E-state index contributed by atoms with van der Waals surface area (Å²) in [4.78, 5) is 25.5. The molecule has 0 aliphatic carbocycles. The Labute approximate surface area is 119 Å². The van der Waals surface area contributed by atoms with Crippen molar-refractivity contribution in [3.05, 3.63) is 17.5 Å². The van der Waals surface area contributed by atoms with E-state index in [4.69, 9.17) is 0 Å². The van der Waals surface area contributed by atoms with Crippen LogP contribution in [0.2, 0.25) is 0 Å². The number of aryl methyl sites for hydroxylation is 2. The maximum Gasteiger partial charge on any atom is 0.245 e. The van der Waals surface area contributed by atoms with Gasteiger partial charge in [0.2, 0.25) is 11.8 Å². The van der Waals surface area contributed by atoms with Crippen LogP contribution < -0.4 is 5.32 Å². The van der Waals surface area contributed by atoms with E-state index >= 15 is 0 Å². The zero-order valence-electron chi connectivity index (χ0n) is 12.3. The predicted molar refractivity (Wildman–Crippen MR) is 74.9 cm³/mol. The summed E-state index contributed by atoms with van der Waals surface area (Å²) >= 11 is 0. The third-order valence-electron chi connectivity index (χ3n) is 3.60. The molecule has 1 aromatic rings. The Morgan fingerprint density at radius 1 is 1.40 bits per heavy atom.